The molecule has 0 bridgehead atoms. The molecule has 0 unspecified atom stereocenters. The lowest BCUT2D eigenvalue weighted by molar-refractivity contribution is 0.102. The number of amides is 1. The zero-order valence-electron chi connectivity index (χ0n) is 19.1. The molecule has 33 heavy (non-hydrogen) atoms. The van der Waals surface area contributed by atoms with E-state index in [-0.39, 0.29) is 15.5 Å². The third kappa shape index (κ3) is 5.66. The summed E-state index contributed by atoms with van der Waals surface area (Å²) in [5.74, 6) is -1.42. The number of nitrogens with zero attached hydrogens (tertiary/aromatic N) is 3. The van der Waals surface area contributed by atoms with Crippen LogP contribution in [0.3, 0.4) is 0 Å². The van der Waals surface area contributed by atoms with E-state index in [1.165, 1.54) is 22.5 Å². The number of hydrogen-bond acceptors (Lipinski definition) is 5. The highest BCUT2D eigenvalue weighted by atomic mass is 35.5. The average Bonchev–Trinajstić information content (AvgIpc) is 2.79. The first-order valence-electron chi connectivity index (χ1n) is 11.1. The monoisotopic (exact) mass is 496 g/mol. The van der Waals surface area contributed by atoms with Gasteiger partial charge in [-0.15, -0.1) is 0 Å². The Labute approximate surface area is 200 Å². The van der Waals surface area contributed by atoms with E-state index < -0.39 is 21.7 Å². The molecule has 1 heterocycles. The number of halogens is 2. The predicted octanol–water partition coefficient (Wildman–Crippen LogP) is 3.90. The summed E-state index contributed by atoms with van der Waals surface area (Å²) in [5.41, 5.74) is 0.859. The summed E-state index contributed by atoms with van der Waals surface area (Å²) >= 11 is 5.81. The largest absolute Gasteiger partial charge is 0.367 e. The topological polar surface area (TPSA) is 73.0 Å². The molecule has 2 aromatic carbocycles. The van der Waals surface area contributed by atoms with Crippen molar-refractivity contribution >= 4 is 38.9 Å². The summed E-state index contributed by atoms with van der Waals surface area (Å²) in [6.45, 7) is 10.4. The maximum absolute atomic E-state index is 14.3. The Bertz CT molecular complexity index is 1100. The Morgan fingerprint density at radius 3 is 2.30 bits per heavy atom. The van der Waals surface area contributed by atoms with Gasteiger partial charge in [0.25, 0.3) is 5.91 Å². The Morgan fingerprint density at radius 1 is 1.06 bits per heavy atom. The molecule has 0 atom stereocenters. The van der Waals surface area contributed by atoms with E-state index in [4.69, 9.17) is 11.6 Å². The van der Waals surface area contributed by atoms with E-state index in [2.05, 4.69) is 22.0 Å². The quantitative estimate of drug-likeness (QED) is 0.600. The molecule has 1 aliphatic rings. The summed E-state index contributed by atoms with van der Waals surface area (Å²) in [5, 5.41) is 2.92. The first-order chi connectivity index (χ1) is 15.7. The van der Waals surface area contributed by atoms with Gasteiger partial charge in [0.1, 0.15) is 5.82 Å². The van der Waals surface area contributed by atoms with Gasteiger partial charge in [-0.2, -0.15) is 4.31 Å². The number of rotatable bonds is 8. The molecule has 0 radical (unpaired) electrons. The van der Waals surface area contributed by atoms with E-state index in [1.807, 2.05) is 0 Å². The fraction of sp³-hybridized carbons (Fsp3) is 0.435. The lowest BCUT2D eigenvalue weighted by Crippen LogP contribution is -2.46. The van der Waals surface area contributed by atoms with E-state index in [9.17, 15) is 17.6 Å². The highest BCUT2D eigenvalue weighted by Crippen LogP contribution is 2.32. The highest BCUT2D eigenvalue weighted by Gasteiger charge is 2.26. The Morgan fingerprint density at radius 2 is 1.73 bits per heavy atom. The molecule has 1 amide bonds. The van der Waals surface area contributed by atoms with Gasteiger partial charge in [0, 0.05) is 44.3 Å². The normalized spacial score (nSPS) is 15.2. The van der Waals surface area contributed by atoms with Crippen LogP contribution in [0.1, 0.15) is 31.1 Å². The van der Waals surface area contributed by atoms with Gasteiger partial charge >= 0.3 is 0 Å². The lowest BCUT2D eigenvalue weighted by Gasteiger charge is -2.36. The van der Waals surface area contributed by atoms with Crippen molar-refractivity contribution < 1.29 is 17.6 Å². The summed E-state index contributed by atoms with van der Waals surface area (Å²) in [6, 6.07) is 8.55. The first kappa shape index (κ1) is 25.4. The molecule has 7 nitrogen and oxygen atoms in total. The van der Waals surface area contributed by atoms with Gasteiger partial charge < -0.3 is 15.1 Å². The fourth-order valence-corrected chi connectivity index (χ4v) is 5.58. The molecule has 3 rings (SSSR count). The van der Waals surface area contributed by atoms with Crippen LogP contribution in [0.25, 0.3) is 0 Å². The van der Waals surface area contributed by atoms with Crippen molar-refractivity contribution in [3.05, 3.63) is 52.8 Å². The minimum absolute atomic E-state index is 0.0778. The number of hydrogen-bond donors (Lipinski definition) is 1. The average molecular weight is 497 g/mol. The number of anilines is 2. The fourth-order valence-electron chi connectivity index (χ4n) is 3.93. The van der Waals surface area contributed by atoms with Crippen LogP contribution in [0.2, 0.25) is 5.02 Å². The van der Waals surface area contributed by atoms with Crippen LogP contribution in [-0.2, 0) is 10.0 Å². The molecule has 1 fully saturated rings. The van der Waals surface area contributed by atoms with E-state index in [0.29, 0.717) is 24.5 Å². The lowest BCUT2D eigenvalue weighted by atomic mass is 10.1. The van der Waals surface area contributed by atoms with Crippen LogP contribution in [0, 0.1) is 5.82 Å². The van der Waals surface area contributed by atoms with Crippen LogP contribution in [0.4, 0.5) is 15.8 Å². The summed E-state index contributed by atoms with van der Waals surface area (Å²) < 4.78 is 41.9. The van der Waals surface area contributed by atoms with Gasteiger partial charge in [-0.3, -0.25) is 4.79 Å². The number of carbonyl (C=O) groups is 1. The van der Waals surface area contributed by atoms with Crippen molar-refractivity contribution in [1.29, 1.82) is 0 Å². The van der Waals surface area contributed by atoms with Gasteiger partial charge in [0.2, 0.25) is 10.0 Å². The third-order valence-corrected chi connectivity index (χ3v) is 8.18. The van der Waals surface area contributed by atoms with Crippen molar-refractivity contribution in [1.82, 2.24) is 9.21 Å². The molecule has 0 aromatic heterocycles. The molecule has 10 heteroatoms. The van der Waals surface area contributed by atoms with Crippen LogP contribution >= 0.6 is 11.6 Å². The second-order valence-corrected chi connectivity index (χ2v) is 10.1. The van der Waals surface area contributed by atoms with Gasteiger partial charge in [-0.25, -0.2) is 12.8 Å². The van der Waals surface area contributed by atoms with Crippen molar-refractivity contribution in [3.8, 4) is 0 Å². The number of likely N-dealkylation sites (N-methyl/N-ethyl adjacent to an activating group) is 1. The van der Waals surface area contributed by atoms with Crippen LogP contribution in [0.5, 0.6) is 0 Å². The van der Waals surface area contributed by atoms with Crippen molar-refractivity contribution in [2.24, 2.45) is 0 Å². The van der Waals surface area contributed by atoms with Crippen molar-refractivity contribution in [3.63, 3.8) is 0 Å². The Hall–Kier alpha value is -2.20. The maximum atomic E-state index is 14.3. The molecular weight excluding hydrogens is 467 g/mol. The number of nitrogens with one attached hydrogen (secondary N) is 1. The molecule has 180 valence electrons. The second kappa shape index (κ2) is 10.8. The van der Waals surface area contributed by atoms with Crippen LogP contribution < -0.4 is 10.2 Å². The molecule has 1 aliphatic heterocycles. The molecule has 0 aliphatic carbocycles. The Kier molecular flexibility index (Phi) is 8.33. The summed E-state index contributed by atoms with van der Waals surface area (Å²) in [4.78, 5) is 17.4. The zero-order chi connectivity index (χ0) is 24.2. The molecular formula is C23H30ClFN4O3S. The molecule has 0 saturated carbocycles. The zero-order valence-corrected chi connectivity index (χ0v) is 20.7. The van der Waals surface area contributed by atoms with Gasteiger partial charge in [0.15, 0.2) is 0 Å². The van der Waals surface area contributed by atoms with E-state index in [0.717, 1.165) is 38.8 Å². The van der Waals surface area contributed by atoms with E-state index >= 15 is 0 Å². The first-order valence-corrected chi connectivity index (χ1v) is 12.9. The Balaban J connectivity index is 2.00. The van der Waals surface area contributed by atoms with Crippen molar-refractivity contribution in [2.45, 2.75) is 25.7 Å². The van der Waals surface area contributed by atoms with Gasteiger partial charge in [-0.05, 0) is 42.9 Å². The van der Waals surface area contributed by atoms with Gasteiger partial charge in [-0.1, -0.05) is 32.4 Å². The third-order valence-electron chi connectivity index (χ3n) is 5.90. The standard InChI is InChI=1S/C23H30ClFN4O3S/c1-4-27-11-13-28(14-12-27)22-10-8-18(33(31,32)29(5-2)6-3)16-21(22)26-23(30)19-9-7-17(24)15-20(19)25/h7-10,15-16H,4-6,11-14H2,1-3H3,(H,26,30). The van der Waals surface area contributed by atoms with Crippen LogP contribution in [-0.4, -0.2) is 69.3 Å². The number of benzene rings is 2. The molecule has 2 aromatic rings. The molecule has 0 spiro atoms. The molecule has 1 N–H and O–H groups in total. The SMILES string of the molecule is CCN1CCN(c2ccc(S(=O)(=O)N(CC)CC)cc2NC(=O)c2ccc(Cl)cc2F)CC1. The number of sulfonamides is 1. The van der Waals surface area contributed by atoms with Crippen molar-refractivity contribution in [2.75, 3.05) is 56.0 Å². The van der Waals surface area contributed by atoms with Gasteiger partial charge in [0.05, 0.1) is 21.8 Å². The van der Waals surface area contributed by atoms with E-state index in [1.54, 1.807) is 26.0 Å². The maximum Gasteiger partial charge on any atom is 0.258 e. The minimum atomic E-state index is -3.73. The predicted molar refractivity (Wildman–Crippen MR) is 130 cm³/mol. The smallest absolute Gasteiger partial charge is 0.258 e. The highest BCUT2D eigenvalue weighted by molar-refractivity contribution is 7.89. The summed E-state index contributed by atoms with van der Waals surface area (Å²) in [7, 11) is -3.73. The minimum Gasteiger partial charge on any atom is -0.367 e. The number of carbonyl (C=O) groups excluding carboxylic acids is 1. The second-order valence-electron chi connectivity index (χ2n) is 7.77. The summed E-state index contributed by atoms with van der Waals surface area (Å²) in [6.07, 6.45) is 0. The molecule has 1 saturated heterocycles. The van der Waals surface area contributed by atoms with Crippen LogP contribution in [0.15, 0.2) is 41.3 Å². The number of piperazine rings is 1.